The van der Waals surface area contributed by atoms with Crippen molar-refractivity contribution in [3.8, 4) is 5.75 Å². The summed E-state index contributed by atoms with van der Waals surface area (Å²) in [6.45, 7) is 4.26. The van der Waals surface area contributed by atoms with Gasteiger partial charge in [-0.3, -0.25) is 0 Å². The largest absolute Gasteiger partial charge is 0.496 e. The Hall–Kier alpha value is -3.24. The van der Waals surface area contributed by atoms with Crippen molar-refractivity contribution in [2.45, 2.75) is 18.2 Å². The number of halogens is 1. The SMILES string of the molecule is COc1ccc(N(c2ccccc2)c2ccc3oc4ccccc4c3c2)cc1C(C)(C)Br. The van der Waals surface area contributed by atoms with Gasteiger partial charge >= 0.3 is 0 Å². The lowest BCUT2D eigenvalue weighted by atomic mass is 10.00. The van der Waals surface area contributed by atoms with Gasteiger partial charge in [-0.15, -0.1) is 0 Å². The van der Waals surface area contributed by atoms with Gasteiger partial charge in [-0.25, -0.2) is 0 Å². The first-order valence-corrected chi connectivity index (χ1v) is 11.4. The first-order valence-electron chi connectivity index (χ1n) is 10.6. The number of hydrogen-bond donors (Lipinski definition) is 0. The van der Waals surface area contributed by atoms with Crippen molar-refractivity contribution in [2.24, 2.45) is 0 Å². The Labute approximate surface area is 196 Å². The van der Waals surface area contributed by atoms with Gasteiger partial charge in [0.2, 0.25) is 0 Å². The Bertz CT molecular complexity index is 1400. The summed E-state index contributed by atoms with van der Waals surface area (Å²) in [5, 5.41) is 2.22. The predicted octanol–water partition coefficient (Wildman–Crippen LogP) is 8.69. The van der Waals surface area contributed by atoms with Crippen molar-refractivity contribution in [1.29, 1.82) is 0 Å². The monoisotopic (exact) mass is 485 g/mol. The molecule has 0 unspecified atom stereocenters. The maximum absolute atomic E-state index is 6.05. The molecule has 160 valence electrons. The van der Waals surface area contributed by atoms with Crippen LogP contribution in [0.4, 0.5) is 17.1 Å². The minimum Gasteiger partial charge on any atom is -0.496 e. The van der Waals surface area contributed by atoms with Gasteiger partial charge in [0.05, 0.1) is 7.11 Å². The topological polar surface area (TPSA) is 25.6 Å². The standard InChI is InChI=1S/C28H24BrNO2/c1-28(2,29)24-18-21(14-16-27(24)31-3)30(19-9-5-4-6-10-19)20-13-15-26-23(17-20)22-11-7-8-12-25(22)32-26/h4-18H,1-3H3. The summed E-state index contributed by atoms with van der Waals surface area (Å²) < 4.78 is 11.5. The Morgan fingerprint density at radius 1 is 0.719 bits per heavy atom. The third kappa shape index (κ3) is 3.65. The van der Waals surface area contributed by atoms with Gasteiger partial charge in [0, 0.05) is 37.7 Å². The average molecular weight is 486 g/mol. The molecule has 5 aromatic rings. The van der Waals surface area contributed by atoms with E-state index in [4.69, 9.17) is 9.15 Å². The van der Waals surface area contributed by atoms with Crippen LogP contribution in [0.3, 0.4) is 0 Å². The summed E-state index contributed by atoms with van der Waals surface area (Å²) in [5.41, 5.74) is 6.10. The molecule has 4 aromatic carbocycles. The van der Waals surface area contributed by atoms with E-state index in [1.165, 1.54) is 0 Å². The first kappa shape index (κ1) is 20.7. The number of alkyl halides is 1. The number of nitrogens with zero attached hydrogens (tertiary/aromatic N) is 1. The molecule has 0 aliphatic carbocycles. The number of anilines is 3. The van der Waals surface area contributed by atoms with Gasteiger partial charge in [-0.1, -0.05) is 52.3 Å². The van der Waals surface area contributed by atoms with Crippen molar-refractivity contribution < 1.29 is 9.15 Å². The first-order chi connectivity index (χ1) is 15.5. The molecule has 0 radical (unpaired) electrons. The molecule has 1 aromatic heterocycles. The average Bonchev–Trinajstić information content (AvgIpc) is 3.17. The molecule has 0 spiro atoms. The van der Waals surface area contributed by atoms with Gasteiger partial charge in [0.15, 0.2) is 0 Å². The highest BCUT2D eigenvalue weighted by molar-refractivity contribution is 9.09. The lowest BCUT2D eigenvalue weighted by Crippen LogP contribution is -2.13. The predicted molar refractivity (Wildman–Crippen MR) is 137 cm³/mol. The van der Waals surface area contributed by atoms with E-state index in [-0.39, 0.29) is 4.32 Å². The zero-order chi connectivity index (χ0) is 22.3. The highest BCUT2D eigenvalue weighted by Gasteiger charge is 2.23. The van der Waals surface area contributed by atoms with E-state index < -0.39 is 0 Å². The van der Waals surface area contributed by atoms with Crippen molar-refractivity contribution >= 4 is 54.9 Å². The molecule has 0 N–H and O–H groups in total. The van der Waals surface area contributed by atoms with Crippen LogP contribution in [0.1, 0.15) is 19.4 Å². The molecule has 0 fully saturated rings. The fourth-order valence-corrected chi connectivity index (χ4v) is 4.49. The Morgan fingerprint density at radius 2 is 1.38 bits per heavy atom. The van der Waals surface area contributed by atoms with Crippen LogP contribution in [-0.4, -0.2) is 7.11 Å². The third-order valence-electron chi connectivity index (χ3n) is 5.71. The van der Waals surface area contributed by atoms with Gasteiger partial charge in [-0.2, -0.15) is 0 Å². The van der Waals surface area contributed by atoms with E-state index in [1.54, 1.807) is 7.11 Å². The minimum atomic E-state index is -0.235. The second kappa shape index (κ2) is 8.03. The number of hydrogen-bond acceptors (Lipinski definition) is 3. The summed E-state index contributed by atoms with van der Waals surface area (Å²) >= 11 is 3.82. The number of ether oxygens (including phenoxy) is 1. The smallest absolute Gasteiger partial charge is 0.135 e. The highest BCUT2D eigenvalue weighted by Crippen LogP contribution is 2.43. The number of methoxy groups -OCH3 is 1. The highest BCUT2D eigenvalue weighted by atomic mass is 79.9. The summed E-state index contributed by atoms with van der Waals surface area (Å²) in [7, 11) is 1.71. The molecule has 0 atom stereocenters. The fraction of sp³-hybridized carbons (Fsp3) is 0.143. The van der Waals surface area contributed by atoms with Crippen molar-refractivity contribution in [3.05, 3.63) is 96.6 Å². The van der Waals surface area contributed by atoms with Crippen LogP contribution in [-0.2, 0) is 4.32 Å². The van der Waals surface area contributed by atoms with Crippen LogP contribution in [0.5, 0.6) is 5.75 Å². The number of rotatable bonds is 5. The fourth-order valence-electron chi connectivity index (χ4n) is 4.18. The Balaban J connectivity index is 1.74. The van der Waals surface area contributed by atoms with Gasteiger partial charge in [0.1, 0.15) is 16.9 Å². The van der Waals surface area contributed by atoms with Crippen LogP contribution in [0.15, 0.2) is 95.4 Å². The van der Waals surface area contributed by atoms with Gasteiger partial charge in [-0.05, 0) is 68.4 Å². The number of furan rings is 1. The van der Waals surface area contributed by atoms with E-state index in [0.29, 0.717) is 0 Å². The molecule has 0 amide bonds. The molecule has 32 heavy (non-hydrogen) atoms. The van der Waals surface area contributed by atoms with Crippen LogP contribution < -0.4 is 9.64 Å². The van der Waals surface area contributed by atoms with Crippen LogP contribution in [0.2, 0.25) is 0 Å². The molecule has 1 heterocycles. The molecule has 0 bridgehead atoms. The molecule has 0 aliphatic heterocycles. The van der Waals surface area contributed by atoms with E-state index in [9.17, 15) is 0 Å². The van der Waals surface area contributed by atoms with Crippen molar-refractivity contribution in [2.75, 3.05) is 12.0 Å². The summed E-state index contributed by atoms with van der Waals surface area (Å²) in [5.74, 6) is 0.861. The lowest BCUT2D eigenvalue weighted by molar-refractivity contribution is 0.406. The molecular formula is C28H24BrNO2. The Kier molecular flexibility index (Phi) is 5.18. The van der Waals surface area contributed by atoms with Crippen molar-refractivity contribution in [1.82, 2.24) is 0 Å². The summed E-state index contributed by atoms with van der Waals surface area (Å²) in [6, 6.07) is 31.3. The molecule has 4 heteroatoms. The summed E-state index contributed by atoms with van der Waals surface area (Å²) in [6.07, 6.45) is 0. The maximum Gasteiger partial charge on any atom is 0.135 e. The summed E-state index contributed by atoms with van der Waals surface area (Å²) in [4.78, 5) is 2.27. The Morgan fingerprint density at radius 3 is 2.12 bits per heavy atom. The van der Waals surface area contributed by atoms with Crippen LogP contribution in [0, 0.1) is 0 Å². The molecule has 0 saturated heterocycles. The zero-order valence-electron chi connectivity index (χ0n) is 18.3. The maximum atomic E-state index is 6.05. The van der Waals surface area contributed by atoms with Crippen molar-refractivity contribution in [3.63, 3.8) is 0 Å². The number of para-hydroxylation sites is 2. The third-order valence-corrected chi connectivity index (χ3v) is 6.14. The lowest BCUT2D eigenvalue weighted by Gasteiger charge is -2.28. The molecule has 0 aliphatic rings. The van der Waals surface area contributed by atoms with E-state index >= 15 is 0 Å². The minimum absolute atomic E-state index is 0.235. The van der Waals surface area contributed by atoms with Gasteiger partial charge in [0.25, 0.3) is 0 Å². The second-order valence-electron chi connectivity index (χ2n) is 8.31. The van der Waals surface area contributed by atoms with E-state index in [0.717, 1.165) is 50.3 Å². The van der Waals surface area contributed by atoms with Gasteiger partial charge < -0.3 is 14.1 Å². The second-order valence-corrected chi connectivity index (χ2v) is 10.3. The van der Waals surface area contributed by atoms with Crippen LogP contribution in [0.25, 0.3) is 21.9 Å². The quantitative estimate of drug-likeness (QED) is 0.232. The normalized spacial score (nSPS) is 11.8. The number of fused-ring (bicyclic) bond motifs is 3. The molecule has 5 rings (SSSR count). The number of benzene rings is 4. The molecule has 3 nitrogen and oxygen atoms in total. The van der Waals surface area contributed by atoms with E-state index in [2.05, 4.69) is 95.3 Å². The molecule has 0 saturated carbocycles. The van der Waals surface area contributed by atoms with Crippen LogP contribution >= 0.6 is 15.9 Å². The molecular weight excluding hydrogens is 462 g/mol. The zero-order valence-corrected chi connectivity index (χ0v) is 19.9. The van der Waals surface area contributed by atoms with E-state index in [1.807, 2.05) is 30.3 Å².